The highest BCUT2D eigenvalue weighted by Crippen LogP contribution is 2.48. The number of halogens is 3. The van der Waals surface area contributed by atoms with Gasteiger partial charge in [-0.05, 0) is 19.8 Å². The van der Waals surface area contributed by atoms with Crippen molar-refractivity contribution < 1.29 is 31.4 Å². The third-order valence-electron chi connectivity index (χ3n) is 6.18. The average Bonchev–Trinajstić information content (AvgIpc) is 3.45. The van der Waals surface area contributed by atoms with Gasteiger partial charge in [0.15, 0.2) is 11.5 Å². The molecule has 38 heavy (non-hydrogen) atoms. The van der Waals surface area contributed by atoms with Gasteiger partial charge < -0.3 is 14.2 Å². The highest BCUT2D eigenvalue weighted by molar-refractivity contribution is 7.93. The lowest BCUT2D eigenvalue weighted by atomic mass is 10.0. The lowest BCUT2D eigenvalue weighted by Gasteiger charge is -2.23. The standard InChI is InChI=1S/C21H25ClF2N8O5S/c1-11(15(35-2)16-25-8-12(22)9-26-16)38(33,34)31-20-30-29-17(13-6-5-7-21(13,23)24)32(20)14-18(36-3)27-10-28-19(14)37-4/h8-11,13,15H,5-7H2,1-4H3,(H,30,31). The highest BCUT2D eigenvalue weighted by Gasteiger charge is 2.48. The topological polar surface area (TPSA) is 156 Å². The van der Waals surface area contributed by atoms with Crippen LogP contribution in [0.1, 0.15) is 49.9 Å². The molecule has 0 bridgehead atoms. The number of methoxy groups -OCH3 is 3. The normalized spacial score (nSPS) is 18.7. The van der Waals surface area contributed by atoms with E-state index in [0.717, 1.165) is 10.9 Å². The molecule has 0 radical (unpaired) electrons. The SMILES string of the molecule is COc1ncnc(OC)c1-n1c(NS(=O)(=O)C(C)C(OC)c2ncc(Cl)cn2)nnc1C1CCCC1(F)F. The summed E-state index contributed by atoms with van der Waals surface area (Å²) in [6.07, 6.45) is 2.66. The van der Waals surface area contributed by atoms with Crippen LogP contribution in [0.3, 0.4) is 0 Å². The molecule has 17 heteroatoms. The molecule has 0 aliphatic heterocycles. The Kier molecular flexibility index (Phi) is 7.94. The van der Waals surface area contributed by atoms with Crippen molar-refractivity contribution in [2.45, 2.75) is 49.4 Å². The average molecular weight is 575 g/mol. The first-order chi connectivity index (χ1) is 18.0. The van der Waals surface area contributed by atoms with Crippen LogP contribution >= 0.6 is 11.6 Å². The lowest BCUT2D eigenvalue weighted by molar-refractivity contribution is -0.0117. The molecule has 0 aromatic carbocycles. The van der Waals surface area contributed by atoms with Crippen LogP contribution in [-0.4, -0.2) is 75.6 Å². The first kappa shape index (κ1) is 27.8. The third-order valence-corrected chi connectivity index (χ3v) is 8.06. The number of nitrogens with zero attached hydrogens (tertiary/aromatic N) is 7. The van der Waals surface area contributed by atoms with Crippen LogP contribution in [0.25, 0.3) is 5.69 Å². The number of aromatic nitrogens is 7. The molecule has 1 N–H and O–H groups in total. The fraction of sp³-hybridized carbons (Fsp3) is 0.524. The van der Waals surface area contributed by atoms with Crippen LogP contribution in [0, 0.1) is 0 Å². The molecule has 0 saturated heterocycles. The molecule has 1 fully saturated rings. The molecule has 3 unspecified atom stereocenters. The Labute approximate surface area is 222 Å². The Hall–Kier alpha value is -3.24. The summed E-state index contributed by atoms with van der Waals surface area (Å²) in [5.41, 5.74) is -0.0464. The van der Waals surface area contributed by atoms with E-state index in [1.807, 2.05) is 0 Å². The van der Waals surface area contributed by atoms with Crippen LogP contribution in [-0.2, 0) is 14.8 Å². The smallest absolute Gasteiger partial charge is 0.257 e. The third kappa shape index (κ3) is 5.19. The van der Waals surface area contributed by atoms with E-state index in [2.05, 4.69) is 34.9 Å². The van der Waals surface area contributed by atoms with E-state index in [9.17, 15) is 17.2 Å². The van der Waals surface area contributed by atoms with Crippen LogP contribution in [0.4, 0.5) is 14.7 Å². The Morgan fingerprint density at radius 2 is 1.74 bits per heavy atom. The van der Waals surface area contributed by atoms with Gasteiger partial charge in [0.05, 0.1) is 25.2 Å². The number of ether oxygens (including phenoxy) is 3. The van der Waals surface area contributed by atoms with E-state index in [0.29, 0.717) is 0 Å². The largest absolute Gasteiger partial charge is 0.479 e. The number of hydrogen-bond donors (Lipinski definition) is 1. The minimum Gasteiger partial charge on any atom is -0.479 e. The highest BCUT2D eigenvalue weighted by atomic mass is 35.5. The van der Waals surface area contributed by atoms with Crippen molar-refractivity contribution >= 4 is 27.6 Å². The molecular weight excluding hydrogens is 550 g/mol. The first-order valence-corrected chi connectivity index (χ1v) is 13.2. The Bertz CT molecular complexity index is 1370. The Morgan fingerprint density at radius 3 is 2.26 bits per heavy atom. The van der Waals surface area contributed by atoms with Gasteiger partial charge in [0.25, 0.3) is 5.92 Å². The minimum atomic E-state index is -4.31. The van der Waals surface area contributed by atoms with E-state index in [1.54, 1.807) is 0 Å². The van der Waals surface area contributed by atoms with Gasteiger partial charge in [-0.2, -0.15) is 9.97 Å². The second kappa shape index (κ2) is 10.9. The van der Waals surface area contributed by atoms with E-state index >= 15 is 0 Å². The number of sulfonamides is 1. The second-order valence-corrected chi connectivity index (χ2v) is 10.9. The van der Waals surface area contributed by atoms with Crippen molar-refractivity contribution in [2.75, 3.05) is 26.1 Å². The number of anilines is 1. The maximum atomic E-state index is 14.8. The van der Waals surface area contributed by atoms with Crippen LogP contribution in [0.15, 0.2) is 18.7 Å². The van der Waals surface area contributed by atoms with Crippen LogP contribution in [0.2, 0.25) is 5.02 Å². The zero-order chi connectivity index (χ0) is 27.7. The molecule has 3 aromatic rings. The van der Waals surface area contributed by atoms with Crippen molar-refractivity contribution in [1.82, 2.24) is 34.7 Å². The first-order valence-electron chi connectivity index (χ1n) is 11.3. The Morgan fingerprint density at radius 1 is 1.11 bits per heavy atom. The molecule has 4 rings (SSSR count). The van der Waals surface area contributed by atoms with Gasteiger partial charge in [-0.25, -0.2) is 27.2 Å². The molecule has 3 aromatic heterocycles. The zero-order valence-electron chi connectivity index (χ0n) is 20.8. The quantitative estimate of drug-likeness (QED) is 0.379. The van der Waals surface area contributed by atoms with E-state index in [-0.39, 0.29) is 53.4 Å². The van der Waals surface area contributed by atoms with E-state index < -0.39 is 39.2 Å². The predicted molar refractivity (Wildman–Crippen MR) is 130 cm³/mol. The van der Waals surface area contributed by atoms with E-state index in [1.165, 1.54) is 40.6 Å². The maximum absolute atomic E-state index is 14.8. The van der Waals surface area contributed by atoms with Gasteiger partial charge >= 0.3 is 0 Å². The van der Waals surface area contributed by atoms with Crippen molar-refractivity contribution in [3.63, 3.8) is 0 Å². The second-order valence-electron chi connectivity index (χ2n) is 8.43. The molecule has 1 aliphatic rings. The van der Waals surface area contributed by atoms with Gasteiger partial charge in [-0.15, -0.1) is 10.2 Å². The molecule has 0 amide bonds. The molecule has 13 nitrogen and oxygen atoms in total. The summed E-state index contributed by atoms with van der Waals surface area (Å²) < 4.78 is 76.1. The number of alkyl halides is 2. The molecule has 0 spiro atoms. The summed E-state index contributed by atoms with van der Waals surface area (Å²) >= 11 is 5.84. The Balaban J connectivity index is 1.82. The summed E-state index contributed by atoms with van der Waals surface area (Å²) in [5.74, 6) is -5.12. The van der Waals surface area contributed by atoms with Crippen LogP contribution < -0.4 is 14.2 Å². The van der Waals surface area contributed by atoms with Gasteiger partial charge in [-0.1, -0.05) is 11.6 Å². The number of rotatable bonds is 10. The molecule has 3 heterocycles. The van der Waals surface area contributed by atoms with Crippen molar-refractivity contribution in [1.29, 1.82) is 0 Å². The van der Waals surface area contributed by atoms with Crippen LogP contribution in [0.5, 0.6) is 11.8 Å². The lowest BCUT2D eigenvalue weighted by Crippen LogP contribution is -2.33. The summed E-state index contributed by atoms with van der Waals surface area (Å²) in [5, 5.41) is 6.88. The van der Waals surface area contributed by atoms with Gasteiger partial charge in [0.2, 0.25) is 27.7 Å². The summed E-state index contributed by atoms with van der Waals surface area (Å²) in [4.78, 5) is 16.1. The minimum absolute atomic E-state index is 0.0464. The van der Waals surface area contributed by atoms with Crippen molar-refractivity contribution in [3.8, 4) is 17.4 Å². The number of nitrogens with one attached hydrogen (secondary N) is 1. The summed E-state index contributed by atoms with van der Waals surface area (Å²) in [6, 6.07) is 0. The molecule has 3 atom stereocenters. The number of hydrogen-bond acceptors (Lipinski definition) is 11. The monoisotopic (exact) mass is 574 g/mol. The van der Waals surface area contributed by atoms with Crippen molar-refractivity contribution in [2.24, 2.45) is 0 Å². The summed E-state index contributed by atoms with van der Waals surface area (Å²) in [6.45, 7) is 1.37. The molecular formula is C21H25ClF2N8O5S. The fourth-order valence-corrected chi connectivity index (χ4v) is 5.48. The predicted octanol–water partition coefficient (Wildman–Crippen LogP) is 2.94. The van der Waals surface area contributed by atoms with Crippen molar-refractivity contribution in [3.05, 3.63) is 35.4 Å². The summed E-state index contributed by atoms with van der Waals surface area (Å²) in [7, 11) is -0.400. The fourth-order valence-electron chi connectivity index (χ4n) is 4.25. The zero-order valence-corrected chi connectivity index (χ0v) is 22.4. The molecule has 206 valence electrons. The molecule has 1 aliphatic carbocycles. The van der Waals surface area contributed by atoms with Gasteiger partial charge in [0.1, 0.15) is 23.5 Å². The van der Waals surface area contributed by atoms with Gasteiger partial charge in [0, 0.05) is 25.9 Å². The molecule has 1 saturated carbocycles. The van der Waals surface area contributed by atoms with E-state index in [4.69, 9.17) is 25.8 Å². The van der Waals surface area contributed by atoms with Gasteiger partial charge in [-0.3, -0.25) is 9.29 Å². The maximum Gasteiger partial charge on any atom is 0.257 e.